The van der Waals surface area contributed by atoms with Crippen molar-refractivity contribution in [2.24, 2.45) is 0 Å². The Morgan fingerprint density at radius 1 is 1.38 bits per heavy atom. The molecule has 0 saturated carbocycles. The predicted molar refractivity (Wildman–Crippen MR) is 56.1 cm³/mol. The second-order valence-corrected chi connectivity index (χ2v) is 3.86. The Labute approximate surface area is 88.3 Å². The summed E-state index contributed by atoms with van der Waals surface area (Å²) in [7, 11) is 0. The molecule has 0 aliphatic heterocycles. The quantitative estimate of drug-likeness (QED) is 0.786. The third-order valence-electron chi connectivity index (χ3n) is 1.73. The number of hydrogen-bond acceptors (Lipinski definition) is 2. The van der Waals surface area contributed by atoms with E-state index in [0.717, 1.165) is 9.86 Å². The minimum atomic E-state index is 0.144. The van der Waals surface area contributed by atoms with E-state index in [1.807, 2.05) is 12.1 Å². The van der Waals surface area contributed by atoms with Crippen LogP contribution in [0.2, 0.25) is 5.02 Å². The first-order valence-electron chi connectivity index (χ1n) is 3.61. The van der Waals surface area contributed by atoms with Gasteiger partial charge in [-0.3, -0.25) is 4.98 Å². The van der Waals surface area contributed by atoms with E-state index >= 15 is 0 Å². The summed E-state index contributed by atoms with van der Waals surface area (Å²) in [5.41, 5.74) is 0.689. The highest BCUT2D eigenvalue weighted by atomic mass is 79.9. The normalized spacial score (nSPS) is 10.6. The summed E-state index contributed by atoms with van der Waals surface area (Å²) in [5, 5.41) is 10.6. The Hall–Kier alpha value is -0.800. The Bertz CT molecular complexity index is 472. The molecule has 0 fully saturated rings. The van der Waals surface area contributed by atoms with Crippen molar-refractivity contribution < 1.29 is 5.11 Å². The second kappa shape index (κ2) is 3.16. The van der Waals surface area contributed by atoms with E-state index in [4.69, 9.17) is 11.6 Å². The lowest BCUT2D eigenvalue weighted by molar-refractivity contribution is 0.474. The fourth-order valence-electron chi connectivity index (χ4n) is 1.13. The van der Waals surface area contributed by atoms with E-state index in [1.165, 1.54) is 6.20 Å². The molecule has 0 unspecified atom stereocenters. The van der Waals surface area contributed by atoms with Gasteiger partial charge in [0.2, 0.25) is 0 Å². The van der Waals surface area contributed by atoms with Crippen molar-refractivity contribution in [3.8, 4) is 5.75 Å². The predicted octanol–water partition coefficient (Wildman–Crippen LogP) is 3.36. The molecule has 66 valence electrons. The van der Waals surface area contributed by atoms with Crippen molar-refractivity contribution in [3.05, 3.63) is 33.9 Å². The molecule has 0 aliphatic rings. The van der Waals surface area contributed by atoms with Gasteiger partial charge in [0.25, 0.3) is 0 Å². The molecule has 13 heavy (non-hydrogen) atoms. The van der Waals surface area contributed by atoms with Gasteiger partial charge in [-0.1, -0.05) is 17.7 Å². The number of rotatable bonds is 0. The third-order valence-corrected chi connectivity index (χ3v) is 3.00. The SMILES string of the molecule is Oc1cnc2c(Cl)c(Br)ccc2c1. The molecule has 1 N–H and O–H groups in total. The van der Waals surface area contributed by atoms with E-state index in [9.17, 15) is 5.11 Å². The largest absolute Gasteiger partial charge is 0.506 e. The zero-order chi connectivity index (χ0) is 9.42. The molecule has 1 aromatic carbocycles. The van der Waals surface area contributed by atoms with Gasteiger partial charge in [0.15, 0.2) is 0 Å². The molecule has 2 aromatic rings. The van der Waals surface area contributed by atoms with Crippen LogP contribution in [0.5, 0.6) is 5.75 Å². The Kier molecular flexibility index (Phi) is 2.14. The fraction of sp³-hybridized carbons (Fsp3) is 0. The average Bonchev–Trinajstić information content (AvgIpc) is 2.12. The van der Waals surface area contributed by atoms with Crippen LogP contribution in [-0.2, 0) is 0 Å². The molecule has 0 atom stereocenters. The van der Waals surface area contributed by atoms with E-state index in [1.54, 1.807) is 6.07 Å². The molecule has 0 bridgehead atoms. The lowest BCUT2D eigenvalue weighted by Crippen LogP contribution is -1.80. The van der Waals surface area contributed by atoms with Crippen LogP contribution < -0.4 is 0 Å². The van der Waals surface area contributed by atoms with E-state index in [2.05, 4.69) is 20.9 Å². The van der Waals surface area contributed by atoms with Gasteiger partial charge >= 0.3 is 0 Å². The molecule has 0 radical (unpaired) electrons. The van der Waals surface area contributed by atoms with Gasteiger partial charge in [-0.25, -0.2) is 0 Å². The van der Waals surface area contributed by atoms with Crippen molar-refractivity contribution in [3.63, 3.8) is 0 Å². The Balaban J connectivity index is 2.87. The Morgan fingerprint density at radius 3 is 2.92 bits per heavy atom. The summed E-state index contributed by atoms with van der Waals surface area (Å²) in [6.45, 7) is 0. The third kappa shape index (κ3) is 1.49. The first-order chi connectivity index (χ1) is 6.18. The number of benzene rings is 1. The highest BCUT2D eigenvalue weighted by molar-refractivity contribution is 9.10. The van der Waals surface area contributed by atoms with Crippen LogP contribution in [0, 0.1) is 0 Å². The number of hydrogen-bond donors (Lipinski definition) is 1. The highest BCUT2D eigenvalue weighted by Crippen LogP contribution is 2.30. The lowest BCUT2D eigenvalue weighted by Gasteiger charge is -2.01. The van der Waals surface area contributed by atoms with Crippen LogP contribution in [-0.4, -0.2) is 10.1 Å². The molecule has 2 rings (SSSR count). The maximum Gasteiger partial charge on any atom is 0.134 e. The minimum absolute atomic E-state index is 0.144. The maximum absolute atomic E-state index is 9.17. The van der Waals surface area contributed by atoms with Gasteiger partial charge in [0.1, 0.15) is 5.75 Å². The van der Waals surface area contributed by atoms with Gasteiger partial charge in [0, 0.05) is 9.86 Å². The monoisotopic (exact) mass is 257 g/mol. The van der Waals surface area contributed by atoms with Gasteiger partial charge in [-0.15, -0.1) is 0 Å². The Morgan fingerprint density at radius 2 is 2.15 bits per heavy atom. The lowest BCUT2D eigenvalue weighted by atomic mass is 10.2. The summed E-state index contributed by atoms with van der Waals surface area (Å²) in [4.78, 5) is 4.03. The molecule has 0 spiro atoms. The fourth-order valence-corrected chi connectivity index (χ4v) is 1.67. The molecular weight excluding hydrogens is 253 g/mol. The number of pyridine rings is 1. The molecular formula is C9H5BrClNO. The van der Waals surface area contributed by atoms with Crippen molar-refractivity contribution in [2.45, 2.75) is 0 Å². The van der Waals surface area contributed by atoms with Gasteiger partial charge in [-0.05, 0) is 28.1 Å². The summed E-state index contributed by atoms with van der Waals surface area (Å²) in [6, 6.07) is 5.30. The summed E-state index contributed by atoms with van der Waals surface area (Å²) < 4.78 is 0.805. The number of aromatic nitrogens is 1. The van der Waals surface area contributed by atoms with Crippen LogP contribution in [0.3, 0.4) is 0 Å². The first kappa shape index (κ1) is 8.78. The van der Waals surface area contributed by atoms with Crippen LogP contribution in [0.1, 0.15) is 0 Å². The topological polar surface area (TPSA) is 33.1 Å². The van der Waals surface area contributed by atoms with Crippen molar-refractivity contribution in [1.82, 2.24) is 4.98 Å². The molecule has 1 heterocycles. The van der Waals surface area contributed by atoms with Crippen LogP contribution in [0.4, 0.5) is 0 Å². The van der Waals surface area contributed by atoms with E-state index < -0.39 is 0 Å². The molecule has 0 saturated heterocycles. The van der Waals surface area contributed by atoms with Crippen LogP contribution >= 0.6 is 27.5 Å². The van der Waals surface area contributed by atoms with Crippen LogP contribution in [0.25, 0.3) is 10.9 Å². The smallest absolute Gasteiger partial charge is 0.134 e. The summed E-state index contributed by atoms with van der Waals surface area (Å²) in [5.74, 6) is 0.144. The molecule has 2 nitrogen and oxygen atoms in total. The van der Waals surface area contributed by atoms with Gasteiger partial charge < -0.3 is 5.11 Å². The minimum Gasteiger partial charge on any atom is -0.506 e. The average molecular weight is 259 g/mol. The molecule has 0 aliphatic carbocycles. The van der Waals surface area contributed by atoms with E-state index in [0.29, 0.717) is 10.5 Å². The van der Waals surface area contributed by atoms with Crippen LogP contribution in [0.15, 0.2) is 28.9 Å². The number of halogens is 2. The van der Waals surface area contributed by atoms with E-state index in [-0.39, 0.29) is 5.75 Å². The highest BCUT2D eigenvalue weighted by Gasteiger charge is 2.04. The van der Waals surface area contributed by atoms with Crippen molar-refractivity contribution in [2.75, 3.05) is 0 Å². The number of nitrogens with zero attached hydrogens (tertiary/aromatic N) is 1. The zero-order valence-electron chi connectivity index (χ0n) is 6.46. The standard InChI is InChI=1S/C9H5BrClNO/c10-7-2-1-5-3-6(13)4-12-9(5)8(7)11/h1-4,13H. The van der Waals surface area contributed by atoms with Crippen molar-refractivity contribution in [1.29, 1.82) is 0 Å². The van der Waals surface area contributed by atoms with Crippen molar-refractivity contribution >= 4 is 38.4 Å². The van der Waals surface area contributed by atoms with Gasteiger partial charge in [0.05, 0.1) is 16.7 Å². The second-order valence-electron chi connectivity index (χ2n) is 2.63. The summed E-state index contributed by atoms with van der Waals surface area (Å²) in [6.07, 6.45) is 1.38. The molecule has 0 amide bonds. The zero-order valence-corrected chi connectivity index (χ0v) is 8.80. The number of fused-ring (bicyclic) bond motifs is 1. The first-order valence-corrected chi connectivity index (χ1v) is 4.78. The number of aromatic hydroxyl groups is 1. The molecule has 4 heteroatoms. The maximum atomic E-state index is 9.17. The van der Waals surface area contributed by atoms with Gasteiger partial charge in [-0.2, -0.15) is 0 Å². The summed E-state index contributed by atoms with van der Waals surface area (Å²) >= 11 is 9.29. The molecule has 1 aromatic heterocycles.